The molecule has 0 aliphatic carbocycles. The molecule has 12 heteroatoms. The molecule has 0 saturated carbocycles. The molecule has 0 fully saturated rings. The molecule has 29 heavy (non-hydrogen) atoms. The fourth-order valence-electron chi connectivity index (χ4n) is 2.47. The summed E-state index contributed by atoms with van der Waals surface area (Å²) in [6.45, 7) is 0.846. The SMILES string of the molecule is COCCOP(=O)(COCCn1cnc2c(=O)[nH]c(N)nc21)Oc1ccccc1. The van der Waals surface area contributed by atoms with Crippen LogP contribution in [0, 0.1) is 0 Å². The maximum atomic E-state index is 13.0. The molecule has 0 aliphatic heterocycles. The number of benzene rings is 1. The molecule has 2 heterocycles. The molecule has 3 aromatic rings. The highest BCUT2D eigenvalue weighted by Gasteiger charge is 2.27. The van der Waals surface area contributed by atoms with E-state index in [2.05, 4.69) is 15.0 Å². The lowest BCUT2D eigenvalue weighted by Gasteiger charge is -2.19. The van der Waals surface area contributed by atoms with E-state index in [0.29, 0.717) is 17.9 Å². The molecular formula is C17H22N5O6P. The minimum Gasteiger partial charge on any atom is -0.423 e. The number of aromatic amines is 1. The van der Waals surface area contributed by atoms with Gasteiger partial charge in [0.25, 0.3) is 5.56 Å². The van der Waals surface area contributed by atoms with Gasteiger partial charge in [0.2, 0.25) is 5.95 Å². The topological polar surface area (TPSA) is 144 Å². The third-order valence-corrected chi connectivity index (χ3v) is 5.35. The Morgan fingerprint density at radius 2 is 2.00 bits per heavy atom. The van der Waals surface area contributed by atoms with Crippen molar-refractivity contribution in [1.82, 2.24) is 19.5 Å². The van der Waals surface area contributed by atoms with Crippen LogP contribution in [0.3, 0.4) is 0 Å². The summed E-state index contributed by atoms with van der Waals surface area (Å²) in [6.07, 6.45) is 1.21. The van der Waals surface area contributed by atoms with E-state index in [0.717, 1.165) is 0 Å². The second-order valence-corrected chi connectivity index (χ2v) is 7.86. The zero-order chi connectivity index (χ0) is 20.7. The largest absolute Gasteiger partial charge is 0.423 e. The van der Waals surface area contributed by atoms with Gasteiger partial charge < -0.3 is 24.3 Å². The number of rotatable bonds is 11. The van der Waals surface area contributed by atoms with Crippen LogP contribution >= 0.6 is 7.60 Å². The van der Waals surface area contributed by atoms with Crippen molar-refractivity contribution in [2.24, 2.45) is 0 Å². The summed E-state index contributed by atoms with van der Waals surface area (Å²) in [5.41, 5.74) is 5.68. The van der Waals surface area contributed by atoms with Crippen LogP contribution in [0.25, 0.3) is 11.2 Å². The van der Waals surface area contributed by atoms with Crippen LogP contribution in [0.2, 0.25) is 0 Å². The lowest BCUT2D eigenvalue weighted by molar-refractivity contribution is 0.115. The second-order valence-electron chi connectivity index (χ2n) is 5.94. The Bertz CT molecular complexity index is 1040. The van der Waals surface area contributed by atoms with Gasteiger partial charge in [0.1, 0.15) is 5.75 Å². The highest BCUT2D eigenvalue weighted by molar-refractivity contribution is 7.54. The molecule has 0 saturated heterocycles. The third kappa shape index (κ3) is 5.64. The minimum atomic E-state index is -3.56. The summed E-state index contributed by atoms with van der Waals surface area (Å²) in [6, 6.07) is 8.71. The lowest BCUT2D eigenvalue weighted by atomic mass is 10.3. The molecule has 0 radical (unpaired) electrons. The molecule has 3 N–H and O–H groups in total. The Labute approximate surface area is 166 Å². The number of anilines is 1. The van der Waals surface area contributed by atoms with Gasteiger partial charge in [-0.05, 0) is 12.1 Å². The Kier molecular flexibility index (Phi) is 6.99. The van der Waals surface area contributed by atoms with E-state index in [-0.39, 0.29) is 37.6 Å². The molecule has 0 aliphatic rings. The fourth-order valence-corrected chi connectivity index (χ4v) is 3.79. The number of hydrogen-bond acceptors (Lipinski definition) is 9. The first kappa shape index (κ1) is 21.0. The molecule has 0 spiro atoms. The van der Waals surface area contributed by atoms with Crippen LogP contribution < -0.4 is 15.8 Å². The average molecular weight is 423 g/mol. The Hall–Kier alpha value is -2.72. The minimum absolute atomic E-state index is 0.00234. The average Bonchev–Trinajstić information content (AvgIpc) is 3.09. The van der Waals surface area contributed by atoms with E-state index >= 15 is 0 Å². The molecule has 0 amide bonds. The van der Waals surface area contributed by atoms with E-state index in [1.54, 1.807) is 28.8 Å². The molecule has 1 unspecified atom stereocenters. The van der Waals surface area contributed by atoms with Crippen LogP contribution in [0.1, 0.15) is 0 Å². The van der Waals surface area contributed by atoms with Crippen molar-refractivity contribution in [1.29, 1.82) is 0 Å². The predicted molar refractivity (Wildman–Crippen MR) is 106 cm³/mol. The predicted octanol–water partition coefficient (Wildman–Crippen LogP) is 1.61. The number of nitrogen functional groups attached to an aromatic ring is 1. The maximum Gasteiger partial charge on any atom is 0.404 e. The summed E-state index contributed by atoms with van der Waals surface area (Å²) in [7, 11) is -2.04. The molecular weight excluding hydrogens is 401 g/mol. The van der Waals surface area contributed by atoms with Gasteiger partial charge in [-0.3, -0.25) is 14.3 Å². The van der Waals surface area contributed by atoms with Crippen molar-refractivity contribution in [3.05, 3.63) is 47.0 Å². The van der Waals surface area contributed by atoms with Gasteiger partial charge in [-0.25, -0.2) is 9.55 Å². The van der Waals surface area contributed by atoms with Crippen LogP contribution in [-0.2, 0) is 25.1 Å². The molecule has 11 nitrogen and oxygen atoms in total. The van der Waals surface area contributed by atoms with Crippen molar-refractivity contribution >= 4 is 24.7 Å². The normalized spacial score (nSPS) is 13.4. The quantitative estimate of drug-likeness (QED) is 0.347. The molecule has 2 aromatic heterocycles. The smallest absolute Gasteiger partial charge is 0.404 e. The van der Waals surface area contributed by atoms with Gasteiger partial charge in [-0.1, -0.05) is 18.2 Å². The number of H-pyrrole nitrogens is 1. The summed E-state index contributed by atoms with van der Waals surface area (Å²) in [4.78, 5) is 22.3. The number of fused-ring (bicyclic) bond motifs is 1. The number of methoxy groups -OCH3 is 1. The molecule has 156 valence electrons. The van der Waals surface area contributed by atoms with Crippen LogP contribution in [0.4, 0.5) is 5.95 Å². The number of ether oxygens (including phenoxy) is 2. The highest BCUT2D eigenvalue weighted by Crippen LogP contribution is 2.48. The number of nitrogens with one attached hydrogen (secondary N) is 1. The first-order valence-corrected chi connectivity index (χ1v) is 10.5. The van der Waals surface area contributed by atoms with Crippen molar-refractivity contribution in [2.45, 2.75) is 6.54 Å². The van der Waals surface area contributed by atoms with Gasteiger partial charge >= 0.3 is 7.60 Å². The number of aromatic nitrogens is 4. The summed E-state index contributed by atoms with van der Waals surface area (Å²) in [5, 5.41) is 0. The van der Waals surface area contributed by atoms with E-state index in [1.807, 2.05) is 6.07 Å². The van der Waals surface area contributed by atoms with Crippen LogP contribution in [0.5, 0.6) is 5.75 Å². The maximum absolute atomic E-state index is 13.0. The van der Waals surface area contributed by atoms with Crippen molar-refractivity contribution in [3.8, 4) is 5.75 Å². The third-order valence-electron chi connectivity index (χ3n) is 3.78. The van der Waals surface area contributed by atoms with Gasteiger partial charge in [0.05, 0.1) is 26.1 Å². The van der Waals surface area contributed by atoms with E-state index in [1.165, 1.54) is 13.4 Å². The molecule has 0 bridgehead atoms. The highest BCUT2D eigenvalue weighted by atomic mass is 31.2. The standard InChI is InChI=1S/C17H22N5O6P/c1-25-9-10-27-29(24,28-13-5-3-2-4-6-13)12-26-8-7-22-11-19-14-15(22)20-17(18)21-16(14)23/h2-6,11H,7-10,12H2,1H3,(H3,18,20,21,23). The number of nitrogens with zero attached hydrogens (tertiary/aromatic N) is 3. The number of imidazole rings is 1. The zero-order valence-electron chi connectivity index (χ0n) is 15.8. The van der Waals surface area contributed by atoms with Crippen LogP contribution in [-0.4, -0.2) is 52.8 Å². The lowest BCUT2D eigenvalue weighted by Crippen LogP contribution is -2.14. The summed E-state index contributed by atoms with van der Waals surface area (Å²) >= 11 is 0. The Morgan fingerprint density at radius 3 is 2.76 bits per heavy atom. The molecule has 1 aromatic carbocycles. The van der Waals surface area contributed by atoms with Crippen molar-refractivity contribution < 1.29 is 23.1 Å². The molecule has 1 atom stereocenters. The second kappa shape index (κ2) is 9.66. The van der Waals surface area contributed by atoms with Gasteiger partial charge in [0, 0.05) is 13.7 Å². The van der Waals surface area contributed by atoms with E-state index in [4.69, 9.17) is 24.3 Å². The number of nitrogens with two attached hydrogens (primary N) is 1. The van der Waals surface area contributed by atoms with E-state index < -0.39 is 13.2 Å². The zero-order valence-corrected chi connectivity index (χ0v) is 16.7. The van der Waals surface area contributed by atoms with E-state index in [9.17, 15) is 9.36 Å². The van der Waals surface area contributed by atoms with Crippen LogP contribution in [0.15, 0.2) is 41.5 Å². The Morgan fingerprint density at radius 1 is 1.21 bits per heavy atom. The summed E-state index contributed by atoms with van der Waals surface area (Å²) in [5.74, 6) is 0.411. The van der Waals surface area contributed by atoms with Crippen molar-refractivity contribution in [3.63, 3.8) is 0 Å². The molecule has 3 rings (SSSR count). The first-order chi connectivity index (χ1) is 14.0. The summed E-state index contributed by atoms with van der Waals surface area (Å²) < 4.78 is 36.0. The monoisotopic (exact) mass is 423 g/mol. The number of hydrogen-bond donors (Lipinski definition) is 2. The van der Waals surface area contributed by atoms with Crippen molar-refractivity contribution in [2.75, 3.05) is 39.0 Å². The Balaban J connectivity index is 1.61. The van der Waals surface area contributed by atoms with Gasteiger partial charge in [0.15, 0.2) is 17.5 Å². The fraction of sp³-hybridized carbons (Fsp3) is 0.353. The van der Waals surface area contributed by atoms with Gasteiger partial charge in [-0.15, -0.1) is 0 Å². The number of para-hydroxylation sites is 1. The van der Waals surface area contributed by atoms with Gasteiger partial charge in [-0.2, -0.15) is 4.98 Å². The first-order valence-electron chi connectivity index (χ1n) is 8.76.